The largest absolute Gasteiger partial charge is 0.493 e. The Hall–Kier alpha value is -3.79. The second-order valence-electron chi connectivity index (χ2n) is 5.82. The van der Waals surface area contributed by atoms with Crippen LogP contribution in [-0.4, -0.2) is 31.0 Å². The van der Waals surface area contributed by atoms with Crippen LogP contribution in [0.4, 0.5) is 4.79 Å². The minimum Gasteiger partial charge on any atom is -0.493 e. The van der Waals surface area contributed by atoms with Crippen molar-refractivity contribution in [1.29, 1.82) is 5.26 Å². The number of nitrogens with one attached hydrogen (secondary N) is 1. The molecule has 136 valence electrons. The van der Waals surface area contributed by atoms with Crippen molar-refractivity contribution in [1.82, 2.24) is 10.2 Å². The highest BCUT2D eigenvalue weighted by Crippen LogP contribution is 2.30. The van der Waals surface area contributed by atoms with Crippen molar-refractivity contribution in [2.24, 2.45) is 0 Å². The molecule has 1 fully saturated rings. The first kappa shape index (κ1) is 18.0. The predicted octanol–water partition coefficient (Wildman–Crippen LogP) is 2.67. The molecule has 1 aliphatic rings. The van der Waals surface area contributed by atoms with Crippen LogP contribution in [0.3, 0.4) is 0 Å². The van der Waals surface area contributed by atoms with Crippen LogP contribution in [0.25, 0.3) is 6.08 Å². The molecular weight excluding hydrogens is 346 g/mol. The van der Waals surface area contributed by atoms with Gasteiger partial charge in [0.15, 0.2) is 11.5 Å². The molecule has 1 saturated heterocycles. The summed E-state index contributed by atoms with van der Waals surface area (Å²) in [7, 11) is 2.92. The van der Waals surface area contributed by atoms with Crippen molar-refractivity contribution < 1.29 is 19.1 Å². The number of nitrogens with zero attached hydrogens (tertiary/aromatic N) is 2. The first-order valence-electron chi connectivity index (χ1n) is 8.13. The summed E-state index contributed by atoms with van der Waals surface area (Å²) in [6, 6.07) is 14.0. The summed E-state index contributed by atoms with van der Waals surface area (Å²) in [4.78, 5) is 24.5. The van der Waals surface area contributed by atoms with Crippen LogP contribution in [0.15, 0.2) is 48.2 Å². The van der Waals surface area contributed by atoms with Crippen molar-refractivity contribution in [3.8, 4) is 17.6 Å². The Labute approximate surface area is 156 Å². The van der Waals surface area contributed by atoms with Crippen molar-refractivity contribution in [2.45, 2.75) is 6.61 Å². The number of amides is 3. The van der Waals surface area contributed by atoms with Crippen LogP contribution < -0.4 is 14.8 Å². The maximum absolute atomic E-state index is 12.0. The third-order valence-electron chi connectivity index (χ3n) is 4.10. The lowest BCUT2D eigenvalue weighted by Crippen LogP contribution is -2.25. The Kier molecular flexibility index (Phi) is 5.08. The summed E-state index contributed by atoms with van der Waals surface area (Å²) in [6.07, 6.45) is 1.57. The summed E-state index contributed by atoms with van der Waals surface area (Å²) in [6.45, 7) is 0.222. The average molecular weight is 363 g/mol. The van der Waals surface area contributed by atoms with E-state index in [4.69, 9.17) is 14.7 Å². The van der Waals surface area contributed by atoms with Gasteiger partial charge in [-0.05, 0) is 29.8 Å². The number of carbonyl (C=O) groups is 2. The van der Waals surface area contributed by atoms with E-state index in [2.05, 4.69) is 11.4 Å². The average Bonchev–Trinajstić information content (AvgIpc) is 2.93. The van der Waals surface area contributed by atoms with Gasteiger partial charge in [0.2, 0.25) is 0 Å². The molecule has 0 saturated carbocycles. The van der Waals surface area contributed by atoms with E-state index in [1.54, 1.807) is 36.4 Å². The molecule has 0 aliphatic carbocycles. The number of imide groups is 1. The topological polar surface area (TPSA) is 91.7 Å². The van der Waals surface area contributed by atoms with E-state index in [0.29, 0.717) is 22.6 Å². The quantitative estimate of drug-likeness (QED) is 0.651. The summed E-state index contributed by atoms with van der Waals surface area (Å²) in [5.41, 5.74) is 2.20. The molecule has 1 heterocycles. The van der Waals surface area contributed by atoms with Crippen molar-refractivity contribution in [3.63, 3.8) is 0 Å². The number of nitriles is 1. The molecule has 7 heteroatoms. The Bertz CT molecular complexity index is 975. The van der Waals surface area contributed by atoms with E-state index in [-0.39, 0.29) is 12.3 Å². The minimum absolute atomic E-state index is 0.196. The lowest BCUT2D eigenvalue weighted by Gasteiger charge is -2.12. The maximum Gasteiger partial charge on any atom is 0.328 e. The first-order valence-corrected chi connectivity index (χ1v) is 8.13. The zero-order valence-corrected chi connectivity index (χ0v) is 14.9. The highest BCUT2D eigenvalue weighted by Gasteiger charge is 2.29. The number of hydrogen-bond donors (Lipinski definition) is 1. The smallest absolute Gasteiger partial charge is 0.328 e. The Morgan fingerprint density at radius 1 is 1.19 bits per heavy atom. The monoisotopic (exact) mass is 363 g/mol. The van der Waals surface area contributed by atoms with E-state index >= 15 is 0 Å². The van der Waals surface area contributed by atoms with Gasteiger partial charge in [-0.1, -0.05) is 24.3 Å². The predicted molar refractivity (Wildman–Crippen MR) is 97.8 cm³/mol. The van der Waals surface area contributed by atoms with Gasteiger partial charge in [-0.15, -0.1) is 0 Å². The Morgan fingerprint density at radius 2 is 1.96 bits per heavy atom. The molecule has 3 rings (SSSR count). The number of urea groups is 1. The lowest BCUT2D eigenvalue weighted by molar-refractivity contribution is -0.121. The fraction of sp³-hybridized carbons (Fsp3) is 0.150. The third-order valence-corrected chi connectivity index (χ3v) is 4.10. The number of likely N-dealkylation sites (N-methyl/N-ethyl adjacent to an activating group) is 1. The second kappa shape index (κ2) is 7.62. The van der Waals surface area contributed by atoms with Crippen molar-refractivity contribution >= 4 is 18.0 Å². The fourth-order valence-corrected chi connectivity index (χ4v) is 2.59. The van der Waals surface area contributed by atoms with Crippen LogP contribution in [0.2, 0.25) is 0 Å². The number of carbonyl (C=O) groups excluding carboxylic acids is 2. The molecule has 1 aliphatic heterocycles. The van der Waals surface area contributed by atoms with Gasteiger partial charge in [-0.25, -0.2) is 4.79 Å². The van der Waals surface area contributed by atoms with Crippen molar-refractivity contribution in [2.75, 3.05) is 14.2 Å². The van der Waals surface area contributed by atoms with Crippen LogP contribution in [0.1, 0.15) is 16.7 Å². The second-order valence-corrected chi connectivity index (χ2v) is 5.82. The number of rotatable bonds is 5. The molecule has 7 nitrogen and oxygen atoms in total. The molecular formula is C20H17N3O4. The first-order chi connectivity index (χ1) is 13.0. The molecule has 27 heavy (non-hydrogen) atoms. The molecule has 0 spiro atoms. The molecule has 1 N–H and O–H groups in total. The van der Waals surface area contributed by atoms with Gasteiger partial charge in [0.05, 0.1) is 18.7 Å². The number of methoxy groups -OCH3 is 1. The molecule has 0 atom stereocenters. The summed E-state index contributed by atoms with van der Waals surface area (Å²) in [5.74, 6) is 0.586. The Balaban J connectivity index is 1.80. The molecule has 3 amide bonds. The van der Waals surface area contributed by atoms with Gasteiger partial charge in [0, 0.05) is 12.6 Å². The molecule has 0 bridgehead atoms. The molecule has 0 radical (unpaired) electrons. The number of hydrogen-bond acceptors (Lipinski definition) is 5. The highest BCUT2D eigenvalue weighted by atomic mass is 16.5. The van der Waals surface area contributed by atoms with Crippen LogP contribution >= 0.6 is 0 Å². The van der Waals surface area contributed by atoms with Crippen molar-refractivity contribution in [3.05, 3.63) is 64.9 Å². The molecule has 2 aromatic carbocycles. The summed E-state index contributed by atoms with van der Waals surface area (Å²) < 4.78 is 11.2. The van der Waals surface area contributed by atoms with Crippen LogP contribution in [0, 0.1) is 11.3 Å². The van der Waals surface area contributed by atoms with Gasteiger partial charge in [-0.3, -0.25) is 9.69 Å². The normalized spacial score (nSPS) is 14.9. The SMILES string of the molecule is COc1cc(/C=C2/NC(=O)N(C)C2=O)ccc1OCc1ccccc1C#N. The highest BCUT2D eigenvalue weighted by molar-refractivity contribution is 6.13. The zero-order chi connectivity index (χ0) is 19.4. The third kappa shape index (κ3) is 3.75. The number of benzene rings is 2. The van der Waals surface area contributed by atoms with E-state index in [1.807, 2.05) is 12.1 Å². The zero-order valence-electron chi connectivity index (χ0n) is 14.9. The van der Waals surface area contributed by atoms with Gasteiger partial charge >= 0.3 is 6.03 Å². The fourth-order valence-electron chi connectivity index (χ4n) is 2.59. The van der Waals surface area contributed by atoms with E-state index < -0.39 is 11.9 Å². The van der Waals surface area contributed by atoms with E-state index in [9.17, 15) is 9.59 Å². The number of ether oxygens (including phenoxy) is 2. The minimum atomic E-state index is -0.464. The van der Waals surface area contributed by atoms with Gasteiger partial charge in [0.25, 0.3) is 5.91 Å². The summed E-state index contributed by atoms with van der Waals surface area (Å²) in [5, 5.41) is 11.7. The van der Waals surface area contributed by atoms with Gasteiger partial charge in [0.1, 0.15) is 12.3 Å². The van der Waals surface area contributed by atoms with Crippen LogP contribution in [0.5, 0.6) is 11.5 Å². The van der Waals surface area contributed by atoms with Gasteiger partial charge in [-0.2, -0.15) is 5.26 Å². The Morgan fingerprint density at radius 3 is 2.63 bits per heavy atom. The summed E-state index contributed by atoms with van der Waals surface area (Å²) >= 11 is 0. The molecule has 2 aromatic rings. The molecule has 0 unspecified atom stereocenters. The standard InChI is InChI=1S/C20H17N3O4/c1-23-19(24)16(22-20(23)25)9-13-7-8-17(18(10-13)26-2)27-12-15-6-4-3-5-14(15)11-21/h3-10H,12H2,1-2H3,(H,22,25)/b16-9+. The molecule has 0 aromatic heterocycles. The van der Waals surface area contributed by atoms with E-state index in [0.717, 1.165) is 10.5 Å². The van der Waals surface area contributed by atoms with Crippen LogP contribution in [-0.2, 0) is 11.4 Å². The lowest BCUT2D eigenvalue weighted by atomic mass is 10.1. The van der Waals surface area contributed by atoms with E-state index in [1.165, 1.54) is 14.2 Å². The van der Waals surface area contributed by atoms with Gasteiger partial charge < -0.3 is 14.8 Å². The maximum atomic E-state index is 12.0.